The molecule has 0 aromatic heterocycles. The van der Waals surface area contributed by atoms with Crippen molar-refractivity contribution in [2.75, 3.05) is 0 Å². The molecule has 0 saturated carbocycles. The first-order valence-corrected chi connectivity index (χ1v) is 5.29. The molecule has 14 heavy (non-hydrogen) atoms. The zero-order chi connectivity index (χ0) is 10.6. The van der Waals surface area contributed by atoms with Gasteiger partial charge in [-0.15, -0.1) is 0 Å². The molecule has 1 rings (SSSR count). The molecule has 0 spiro atoms. The third kappa shape index (κ3) is 3.27. The molecule has 1 aliphatic rings. The Morgan fingerprint density at radius 2 is 2.29 bits per heavy atom. The Morgan fingerprint density at radius 1 is 1.57 bits per heavy atom. The minimum absolute atomic E-state index is 0.0347. The van der Waals surface area contributed by atoms with Crippen LogP contribution in [0.15, 0.2) is 0 Å². The fraction of sp³-hybridized carbons (Fsp3) is 0.900. The molecule has 1 fully saturated rings. The van der Waals surface area contributed by atoms with Crippen molar-refractivity contribution in [2.45, 2.75) is 57.2 Å². The summed E-state index contributed by atoms with van der Waals surface area (Å²) in [5.74, 6) is -0.769. The smallest absolute Gasteiger partial charge is 0.304 e. The molecule has 3 N–H and O–H groups in total. The average molecular weight is 201 g/mol. The number of rotatable bonds is 4. The maximum absolute atomic E-state index is 10.5. The van der Waals surface area contributed by atoms with Crippen LogP contribution in [0, 0.1) is 0 Å². The molecular weight excluding hydrogens is 182 g/mol. The highest BCUT2D eigenvalue weighted by atomic mass is 16.4. The molecule has 4 heteroatoms. The maximum atomic E-state index is 10.5. The Morgan fingerprint density at radius 3 is 2.86 bits per heavy atom. The summed E-state index contributed by atoms with van der Waals surface area (Å²) in [4.78, 5) is 10.5. The monoisotopic (exact) mass is 201 g/mol. The lowest BCUT2D eigenvalue weighted by Crippen LogP contribution is -2.49. The highest BCUT2D eigenvalue weighted by Crippen LogP contribution is 2.18. The van der Waals surface area contributed by atoms with Gasteiger partial charge in [-0.3, -0.25) is 4.79 Å². The highest BCUT2D eigenvalue weighted by Gasteiger charge is 2.26. The molecule has 82 valence electrons. The summed E-state index contributed by atoms with van der Waals surface area (Å²) < 4.78 is 0. The zero-order valence-corrected chi connectivity index (χ0v) is 8.57. The van der Waals surface area contributed by atoms with Crippen molar-refractivity contribution in [3.63, 3.8) is 0 Å². The number of carbonyl (C=O) groups is 1. The average Bonchev–Trinajstić information content (AvgIpc) is 2.16. The number of nitrogens with one attached hydrogen (secondary N) is 1. The number of carboxylic acid groups (broad SMARTS) is 1. The number of aliphatic hydroxyl groups excluding tert-OH is 1. The summed E-state index contributed by atoms with van der Waals surface area (Å²) in [7, 11) is 0. The minimum Gasteiger partial charge on any atom is -0.481 e. The van der Waals surface area contributed by atoms with Crippen molar-refractivity contribution < 1.29 is 15.0 Å². The molecule has 1 saturated heterocycles. The van der Waals surface area contributed by atoms with Gasteiger partial charge >= 0.3 is 5.97 Å². The summed E-state index contributed by atoms with van der Waals surface area (Å²) in [5, 5.41) is 21.5. The van der Waals surface area contributed by atoms with Crippen LogP contribution in [0.3, 0.4) is 0 Å². The zero-order valence-electron chi connectivity index (χ0n) is 8.57. The molecule has 0 aromatic carbocycles. The van der Waals surface area contributed by atoms with Gasteiger partial charge in [-0.25, -0.2) is 0 Å². The van der Waals surface area contributed by atoms with Crippen LogP contribution in [0.1, 0.15) is 39.0 Å². The first-order valence-electron chi connectivity index (χ1n) is 5.29. The molecule has 1 heterocycles. The normalized spacial score (nSPS) is 29.9. The topological polar surface area (TPSA) is 69.6 Å². The maximum Gasteiger partial charge on any atom is 0.304 e. The van der Waals surface area contributed by atoms with Gasteiger partial charge in [0.05, 0.1) is 12.5 Å². The van der Waals surface area contributed by atoms with E-state index in [-0.39, 0.29) is 24.6 Å². The molecule has 0 aromatic rings. The summed E-state index contributed by atoms with van der Waals surface area (Å²) in [5.41, 5.74) is 0. The Hall–Kier alpha value is -0.610. The Labute approximate surface area is 84.3 Å². The third-order valence-corrected chi connectivity index (χ3v) is 2.82. The van der Waals surface area contributed by atoms with Crippen molar-refractivity contribution in [2.24, 2.45) is 0 Å². The fourth-order valence-electron chi connectivity index (χ4n) is 2.01. The molecule has 0 unspecified atom stereocenters. The Bertz CT molecular complexity index is 196. The van der Waals surface area contributed by atoms with Gasteiger partial charge in [0.1, 0.15) is 0 Å². The first kappa shape index (κ1) is 11.5. The molecule has 0 amide bonds. The standard InChI is InChI=1S/C10H19NO3/c1-2-9(12)8-5-3-4-7(11-8)6-10(13)14/h7-9,11-12H,2-6H2,1H3,(H,13,14)/t7-,8+,9+/m1/s1. The van der Waals surface area contributed by atoms with Crippen LogP contribution in [-0.2, 0) is 4.79 Å². The second kappa shape index (κ2) is 5.32. The number of hydrogen-bond acceptors (Lipinski definition) is 3. The second-order valence-corrected chi connectivity index (χ2v) is 3.97. The number of piperidine rings is 1. The van der Waals surface area contributed by atoms with Crippen molar-refractivity contribution in [3.05, 3.63) is 0 Å². The molecule has 3 atom stereocenters. The van der Waals surface area contributed by atoms with Gasteiger partial charge in [0.25, 0.3) is 0 Å². The summed E-state index contributed by atoms with van der Waals surface area (Å²) >= 11 is 0. The van der Waals surface area contributed by atoms with Gasteiger partial charge in [-0.1, -0.05) is 13.3 Å². The summed E-state index contributed by atoms with van der Waals surface area (Å²) in [6.07, 6.45) is 3.40. The van der Waals surface area contributed by atoms with Crippen LogP contribution in [-0.4, -0.2) is 34.4 Å². The first-order chi connectivity index (χ1) is 6.63. The summed E-state index contributed by atoms with van der Waals surface area (Å²) in [6, 6.07) is 0.116. The quantitative estimate of drug-likeness (QED) is 0.627. The van der Waals surface area contributed by atoms with Gasteiger partial charge in [0.15, 0.2) is 0 Å². The third-order valence-electron chi connectivity index (χ3n) is 2.82. The lowest BCUT2D eigenvalue weighted by Gasteiger charge is -2.32. The van der Waals surface area contributed by atoms with Crippen LogP contribution in [0.4, 0.5) is 0 Å². The number of aliphatic carboxylic acids is 1. The van der Waals surface area contributed by atoms with Gasteiger partial charge in [0.2, 0.25) is 0 Å². The molecular formula is C10H19NO3. The molecule has 0 aliphatic carbocycles. The van der Waals surface area contributed by atoms with Gasteiger partial charge in [0, 0.05) is 12.1 Å². The predicted molar refractivity (Wildman–Crippen MR) is 53.1 cm³/mol. The van der Waals surface area contributed by atoms with Crippen LogP contribution >= 0.6 is 0 Å². The lowest BCUT2D eigenvalue weighted by atomic mass is 9.92. The Kier molecular flexibility index (Phi) is 4.35. The van der Waals surface area contributed by atoms with E-state index in [1.54, 1.807) is 0 Å². The van der Waals surface area contributed by atoms with Crippen LogP contribution < -0.4 is 5.32 Å². The minimum atomic E-state index is -0.769. The largest absolute Gasteiger partial charge is 0.481 e. The van der Waals surface area contributed by atoms with Crippen LogP contribution in [0.25, 0.3) is 0 Å². The van der Waals surface area contributed by atoms with Crippen molar-refractivity contribution >= 4 is 5.97 Å². The SMILES string of the molecule is CC[C@H](O)[C@@H]1CCC[C@H](CC(=O)O)N1. The van der Waals surface area contributed by atoms with Crippen molar-refractivity contribution in [1.82, 2.24) is 5.32 Å². The van der Waals surface area contributed by atoms with Gasteiger partial charge in [-0.2, -0.15) is 0 Å². The Balaban J connectivity index is 2.39. The second-order valence-electron chi connectivity index (χ2n) is 3.97. The van der Waals surface area contributed by atoms with E-state index < -0.39 is 5.97 Å². The molecule has 0 radical (unpaired) electrons. The van der Waals surface area contributed by atoms with E-state index in [0.29, 0.717) is 0 Å². The van der Waals surface area contributed by atoms with E-state index in [1.807, 2.05) is 6.92 Å². The lowest BCUT2D eigenvalue weighted by molar-refractivity contribution is -0.137. The number of aliphatic hydroxyl groups is 1. The van der Waals surface area contributed by atoms with E-state index in [0.717, 1.165) is 25.7 Å². The van der Waals surface area contributed by atoms with E-state index in [1.165, 1.54) is 0 Å². The van der Waals surface area contributed by atoms with E-state index in [4.69, 9.17) is 5.11 Å². The molecule has 0 bridgehead atoms. The molecule has 1 aliphatic heterocycles. The fourth-order valence-corrected chi connectivity index (χ4v) is 2.01. The van der Waals surface area contributed by atoms with Crippen molar-refractivity contribution in [1.29, 1.82) is 0 Å². The van der Waals surface area contributed by atoms with E-state index in [9.17, 15) is 9.90 Å². The van der Waals surface area contributed by atoms with E-state index in [2.05, 4.69) is 5.32 Å². The van der Waals surface area contributed by atoms with Gasteiger partial charge in [-0.05, 0) is 19.3 Å². The van der Waals surface area contributed by atoms with Crippen LogP contribution in [0.2, 0.25) is 0 Å². The van der Waals surface area contributed by atoms with E-state index >= 15 is 0 Å². The predicted octanol–water partition coefficient (Wildman–Crippen LogP) is 0.743. The highest BCUT2D eigenvalue weighted by molar-refractivity contribution is 5.67. The van der Waals surface area contributed by atoms with Gasteiger partial charge < -0.3 is 15.5 Å². The van der Waals surface area contributed by atoms with Crippen molar-refractivity contribution in [3.8, 4) is 0 Å². The van der Waals surface area contributed by atoms with Crippen LogP contribution in [0.5, 0.6) is 0 Å². The molecule has 4 nitrogen and oxygen atoms in total. The summed E-state index contributed by atoms with van der Waals surface area (Å²) in [6.45, 7) is 1.94. The number of carboxylic acids is 1. The number of hydrogen-bond donors (Lipinski definition) is 3.